The highest BCUT2D eigenvalue weighted by Crippen LogP contribution is 2.43. The molecule has 1 saturated heterocycles. The van der Waals surface area contributed by atoms with Gasteiger partial charge in [-0.2, -0.15) is 0 Å². The van der Waals surface area contributed by atoms with Crippen LogP contribution in [0.25, 0.3) is 0 Å². The number of carbonyl (C=O) groups excluding carboxylic acids is 1. The van der Waals surface area contributed by atoms with E-state index >= 15 is 0 Å². The van der Waals surface area contributed by atoms with E-state index < -0.39 is 21.6 Å². The Balaban J connectivity index is 2.27. The van der Waals surface area contributed by atoms with Crippen LogP contribution < -0.4 is 10.2 Å². The van der Waals surface area contributed by atoms with Crippen LogP contribution in [0, 0.1) is 5.82 Å². The molecular weight excluding hydrogens is 295 g/mol. The van der Waals surface area contributed by atoms with Gasteiger partial charge in [0.2, 0.25) is 9.84 Å². The van der Waals surface area contributed by atoms with Gasteiger partial charge in [0, 0.05) is 18.8 Å². The summed E-state index contributed by atoms with van der Waals surface area (Å²) in [7, 11) is -4.00. The topological polar surface area (TPSA) is 66.5 Å². The molecule has 1 amide bonds. The number of halogens is 1. The quantitative estimate of drug-likeness (QED) is 0.900. The molecule has 0 aliphatic carbocycles. The lowest BCUT2D eigenvalue weighted by Gasteiger charge is -2.29. The van der Waals surface area contributed by atoms with Gasteiger partial charge >= 0.3 is 0 Å². The molecular formula is C14H15FN2O3S. The second-order valence-electron chi connectivity index (χ2n) is 5.01. The third-order valence-electron chi connectivity index (χ3n) is 3.70. The molecule has 112 valence electrons. The zero-order chi connectivity index (χ0) is 15.2. The van der Waals surface area contributed by atoms with Gasteiger partial charge < -0.3 is 10.2 Å². The number of amides is 1. The number of anilines is 1. The van der Waals surface area contributed by atoms with E-state index in [4.69, 9.17) is 0 Å². The van der Waals surface area contributed by atoms with E-state index in [9.17, 15) is 17.6 Å². The molecule has 0 radical (unpaired) electrons. The largest absolute Gasteiger partial charge is 0.352 e. The number of allylic oxidation sites excluding steroid dienone is 1. The summed E-state index contributed by atoms with van der Waals surface area (Å²) in [5.74, 6) is -1.25. The first kappa shape index (κ1) is 14.1. The van der Waals surface area contributed by atoms with Gasteiger partial charge in [-0.1, -0.05) is 0 Å². The van der Waals surface area contributed by atoms with Crippen molar-refractivity contribution in [1.29, 1.82) is 0 Å². The van der Waals surface area contributed by atoms with Crippen LogP contribution in [0.4, 0.5) is 10.1 Å². The number of fused-ring (bicyclic) bond motifs is 3. The number of hydrogen-bond acceptors (Lipinski definition) is 4. The third kappa shape index (κ3) is 2.03. The van der Waals surface area contributed by atoms with Crippen molar-refractivity contribution in [2.24, 2.45) is 0 Å². The molecule has 2 heterocycles. The van der Waals surface area contributed by atoms with Gasteiger partial charge in [-0.3, -0.25) is 4.79 Å². The second kappa shape index (κ2) is 4.84. The Morgan fingerprint density at radius 3 is 2.90 bits per heavy atom. The van der Waals surface area contributed by atoms with E-state index in [-0.39, 0.29) is 9.80 Å². The van der Waals surface area contributed by atoms with Gasteiger partial charge in [0.1, 0.15) is 5.82 Å². The van der Waals surface area contributed by atoms with Gasteiger partial charge in [0.25, 0.3) is 5.91 Å². The number of sulfone groups is 1. The van der Waals surface area contributed by atoms with Crippen molar-refractivity contribution >= 4 is 21.4 Å². The Hall–Kier alpha value is -1.89. The molecule has 2 aliphatic heterocycles. The van der Waals surface area contributed by atoms with E-state index in [1.807, 2.05) is 0 Å². The zero-order valence-electron chi connectivity index (χ0n) is 11.5. The number of rotatable bonds is 2. The van der Waals surface area contributed by atoms with Gasteiger partial charge in [-0.25, -0.2) is 12.8 Å². The molecule has 0 aromatic heterocycles. The van der Waals surface area contributed by atoms with Gasteiger partial charge in [0.05, 0.1) is 10.6 Å². The van der Waals surface area contributed by atoms with Gasteiger partial charge in [-0.15, -0.1) is 0 Å². The average Bonchev–Trinajstić information content (AvgIpc) is 2.87. The number of likely N-dealkylation sites (N-methyl/N-ethyl adjacent to an activating group) is 1. The number of nitrogens with one attached hydrogen (secondary N) is 1. The normalized spacial score (nSPS) is 19.2. The van der Waals surface area contributed by atoms with Crippen LogP contribution >= 0.6 is 0 Å². The Morgan fingerprint density at radius 1 is 1.43 bits per heavy atom. The summed E-state index contributed by atoms with van der Waals surface area (Å²) in [5.41, 5.74) is 0.969. The van der Waals surface area contributed by atoms with Crippen LogP contribution in [-0.4, -0.2) is 27.4 Å². The summed E-state index contributed by atoms with van der Waals surface area (Å²) >= 11 is 0. The summed E-state index contributed by atoms with van der Waals surface area (Å²) in [5, 5.41) is 2.53. The lowest BCUT2D eigenvalue weighted by molar-refractivity contribution is -0.116. The van der Waals surface area contributed by atoms with Crippen molar-refractivity contribution in [2.75, 3.05) is 18.0 Å². The monoisotopic (exact) mass is 310 g/mol. The fraction of sp³-hybridized carbons (Fsp3) is 0.357. The SMILES string of the molecule is CCNC(=O)C1=C2CCCN2c2ccc(F)cc2S1(=O)=O. The minimum Gasteiger partial charge on any atom is -0.352 e. The summed E-state index contributed by atoms with van der Waals surface area (Å²) in [6, 6.07) is 3.68. The lowest BCUT2D eigenvalue weighted by atomic mass is 10.2. The molecule has 21 heavy (non-hydrogen) atoms. The van der Waals surface area contributed by atoms with Gasteiger partial charge in [-0.05, 0) is 38.0 Å². The number of carbonyl (C=O) groups is 1. The Bertz CT molecular complexity index is 755. The Kier molecular flexibility index (Phi) is 3.24. The molecule has 0 unspecified atom stereocenters. The smallest absolute Gasteiger partial charge is 0.265 e. The molecule has 2 aliphatic rings. The van der Waals surface area contributed by atoms with Crippen molar-refractivity contribution in [3.8, 4) is 0 Å². The summed E-state index contributed by atoms with van der Waals surface area (Å²) in [6.45, 7) is 2.69. The van der Waals surface area contributed by atoms with Crippen LogP contribution in [-0.2, 0) is 14.6 Å². The van der Waals surface area contributed by atoms with E-state index in [1.54, 1.807) is 11.8 Å². The lowest BCUT2D eigenvalue weighted by Crippen LogP contribution is -2.35. The summed E-state index contributed by atoms with van der Waals surface area (Å²) < 4.78 is 38.9. The van der Waals surface area contributed by atoms with Crippen molar-refractivity contribution in [3.63, 3.8) is 0 Å². The third-order valence-corrected chi connectivity index (χ3v) is 5.56. The molecule has 5 nitrogen and oxygen atoms in total. The minimum atomic E-state index is -4.00. The molecule has 7 heteroatoms. The highest BCUT2D eigenvalue weighted by Gasteiger charge is 2.41. The molecule has 1 fully saturated rings. The van der Waals surface area contributed by atoms with Gasteiger partial charge in [0.15, 0.2) is 4.91 Å². The fourth-order valence-electron chi connectivity index (χ4n) is 2.86. The molecule has 0 bridgehead atoms. The average molecular weight is 310 g/mol. The van der Waals surface area contributed by atoms with Crippen LogP contribution in [0.3, 0.4) is 0 Å². The zero-order valence-corrected chi connectivity index (χ0v) is 12.3. The van der Waals surface area contributed by atoms with E-state index in [0.29, 0.717) is 30.9 Å². The first-order valence-electron chi connectivity index (χ1n) is 6.80. The van der Waals surface area contributed by atoms with Crippen molar-refractivity contribution in [1.82, 2.24) is 5.32 Å². The van der Waals surface area contributed by atoms with Crippen LogP contribution in [0.1, 0.15) is 19.8 Å². The van der Waals surface area contributed by atoms with Crippen LogP contribution in [0.5, 0.6) is 0 Å². The van der Waals surface area contributed by atoms with E-state index in [1.165, 1.54) is 12.1 Å². The highest BCUT2D eigenvalue weighted by molar-refractivity contribution is 7.96. The maximum Gasteiger partial charge on any atom is 0.265 e. The van der Waals surface area contributed by atoms with Crippen LogP contribution in [0.2, 0.25) is 0 Å². The number of nitrogens with zero attached hydrogens (tertiary/aromatic N) is 1. The molecule has 1 aromatic carbocycles. The molecule has 1 N–H and O–H groups in total. The highest BCUT2D eigenvalue weighted by atomic mass is 32.2. The van der Waals surface area contributed by atoms with E-state index in [2.05, 4.69) is 5.32 Å². The minimum absolute atomic E-state index is 0.130. The first-order chi connectivity index (χ1) is 9.96. The fourth-order valence-corrected chi connectivity index (χ4v) is 4.64. The molecule has 0 spiro atoms. The van der Waals surface area contributed by atoms with Crippen LogP contribution in [0.15, 0.2) is 33.7 Å². The molecule has 1 aromatic rings. The molecule has 0 atom stereocenters. The maximum absolute atomic E-state index is 13.5. The molecule has 3 rings (SSSR count). The Labute approximate surface area is 122 Å². The number of hydrogen-bond donors (Lipinski definition) is 1. The maximum atomic E-state index is 13.5. The van der Waals surface area contributed by atoms with Crippen molar-refractivity contribution < 1.29 is 17.6 Å². The standard InChI is InChI=1S/C14H15FN2O3S/c1-2-16-14(18)13-11-4-3-7-17(11)10-6-5-9(15)8-12(10)21(13,19)20/h5-6,8H,2-4,7H2,1H3,(H,16,18). The van der Waals surface area contributed by atoms with Crippen molar-refractivity contribution in [2.45, 2.75) is 24.7 Å². The van der Waals surface area contributed by atoms with E-state index in [0.717, 1.165) is 12.5 Å². The number of benzene rings is 1. The Morgan fingerprint density at radius 2 is 2.19 bits per heavy atom. The predicted molar refractivity (Wildman–Crippen MR) is 75.9 cm³/mol. The second-order valence-corrected chi connectivity index (χ2v) is 6.86. The van der Waals surface area contributed by atoms with Crippen molar-refractivity contribution in [3.05, 3.63) is 34.6 Å². The summed E-state index contributed by atoms with van der Waals surface area (Å²) in [6.07, 6.45) is 1.30. The predicted octanol–water partition coefficient (Wildman–Crippen LogP) is 1.56. The summed E-state index contributed by atoms with van der Waals surface area (Å²) in [4.78, 5) is 13.6. The first-order valence-corrected chi connectivity index (χ1v) is 8.28. The molecule has 0 saturated carbocycles.